The predicted molar refractivity (Wildman–Crippen MR) is 127 cm³/mol. The molecule has 7 nitrogen and oxygen atoms in total. The minimum absolute atomic E-state index is 0.000936. The van der Waals surface area contributed by atoms with E-state index in [1.807, 2.05) is 0 Å². The van der Waals surface area contributed by atoms with Crippen molar-refractivity contribution < 1.29 is 18.0 Å². The lowest BCUT2D eigenvalue weighted by Gasteiger charge is -2.09. The van der Waals surface area contributed by atoms with Gasteiger partial charge in [0.15, 0.2) is 5.16 Å². The van der Waals surface area contributed by atoms with Crippen molar-refractivity contribution in [1.82, 2.24) is 24.5 Å². The Morgan fingerprint density at radius 1 is 1.17 bits per heavy atom. The first-order valence-corrected chi connectivity index (χ1v) is 11.3. The number of fused-ring (bicyclic) bond motifs is 3. The molecule has 178 valence electrons. The van der Waals surface area contributed by atoms with Gasteiger partial charge in [-0.2, -0.15) is 13.2 Å². The van der Waals surface area contributed by atoms with Gasteiger partial charge in [-0.1, -0.05) is 47.9 Å². The molecule has 0 aliphatic rings. The Bertz CT molecular complexity index is 1550. The Morgan fingerprint density at radius 3 is 2.74 bits per heavy atom. The van der Waals surface area contributed by atoms with Crippen LogP contribution in [0.5, 0.6) is 0 Å². The first kappa shape index (κ1) is 24.1. The molecule has 1 N–H and O–H groups in total. The number of amides is 1. The first-order chi connectivity index (χ1) is 16.8. The summed E-state index contributed by atoms with van der Waals surface area (Å²) in [6.45, 7) is 3.91. The molecule has 4 aromatic rings. The van der Waals surface area contributed by atoms with Gasteiger partial charge in [0.1, 0.15) is 0 Å². The molecule has 35 heavy (non-hydrogen) atoms. The summed E-state index contributed by atoms with van der Waals surface area (Å²) in [6, 6.07) is 11.7. The maximum absolute atomic E-state index is 12.8. The Morgan fingerprint density at radius 2 is 1.97 bits per heavy atom. The fourth-order valence-electron chi connectivity index (χ4n) is 3.36. The van der Waals surface area contributed by atoms with Gasteiger partial charge in [0.25, 0.3) is 5.56 Å². The Balaban J connectivity index is 1.45. The van der Waals surface area contributed by atoms with Gasteiger partial charge in [-0.15, -0.1) is 16.8 Å². The van der Waals surface area contributed by atoms with Crippen molar-refractivity contribution in [3.63, 3.8) is 0 Å². The number of hydrogen-bond donors (Lipinski definition) is 1. The highest BCUT2D eigenvalue weighted by atomic mass is 32.2. The second kappa shape index (κ2) is 10.1. The zero-order valence-corrected chi connectivity index (χ0v) is 19.0. The zero-order chi connectivity index (χ0) is 25.0. The molecule has 0 saturated heterocycles. The number of benzene rings is 2. The second-order valence-corrected chi connectivity index (χ2v) is 8.23. The third kappa shape index (κ3) is 5.22. The fourth-order valence-corrected chi connectivity index (χ4v) is 4.13. The number of aromatic nitrogens is 4. The van der Waals surface area contributed by atoms with Crippen LogP contribution in [0.2, 0.25) is 0 Å². The second-order valence-electron chi connectivity index (χ2n) is 7.29. The van der Waals surface area contributed by atoms with E-state index in [9.17, 15) is 22.8 Å². The average molecular weight is 498 g/mol. The molecule has 0 bridgehead atoms. The SMILES string of the molecule is C=CCn1c(=O)c2ccccc2n2c(SCC(=O)NCC#Cc3cccc(C(F)(F)F)c3)nnc12. The molecule has 4 rings (SSSR count). The Hall–Kier alpha value is -4.04. The molecule has 2 heterocycles. The number of nitrogens with zero attached hydrogens (tertiary/aromatic N) is 4. The number of thioether (sulfide) groups is 1. The van der Waals surface area contributed by atoms with E-state index in [1.54, 1.807) is 34.7 Å². The molecule has 2 aromatic carbocycles. The topological polar surface area (TPSA) is 81.3 Å². The van der Waals surface area contributed by atoms with Crippen molar-refractivity contribution in [3.05, 3.63) is 82.7 Å². The van der Waals surface area contributed by atoms with Gasteiger partial charge in [0.05, 0.1) is 28.8 Å². The van der Waals surface area contributed by atoms with Crippen LogP contribution in [0.25, 0.3) is 16.7 Å². The number of carbonyl (C=O) groups excluding carboxylic acids is 1. The van der Waals surface area contributed by atoms with E-state index < -0.39 is 11.7 Å². The average Bonchev–Trinajstić information content (AvgIpc) is 3.27. The number of rotatable bonds is 6. The summed E-state index contributed by atoms with van der Waals surface area (Å²) in [7, 11) is 0. The molecule has 2 aromatic heterocycles. The lowest BCUT2D eigenvalue weighted by Crippen LogP contribution is -2.25. The van der Waals surface area contributed by atoms with Gasteiger partial charge in [-0.25, -0.2) is 0 Å². The van der Waals surface area contributed by atoms with Crippen LogP contribution in [0, 0.1) is 11.8 Å². The lowest BCUT2D eigenvalue weighted by molar-refractivity contribution is -0.137. The van der Waals surface area contributed by atoms with Gasteiger partial charge in [-0.05, 0) is 30.3 Å². The van der Waals surface area contributed by atoms with Crippen LogP contribution in [-0.4, -0.2) is 37.4 Å². The number of halogens is 3. The highest BCUT2D eigenvalue weighted by Crippen LogP contribution is 2.29. The molecule has 0 spiro atoms. The maximum atomic E-state index is 12.8. The summed E-state index contributed by atoms with van der Waals surface area (Å²) in [5.74, 6) is 5.26. The highest BCUT2D eigenvalue weighted by molar-refractivity contribution is 7.99. The lowest BCUT2D eigenvalue weighted by atomic mass is 10.1. The van der Waals surface area contributed by atoms with Gasteiger partial charge < -0.3 is 5.32 Å². The number of para-hydroxylation sites is 1. The number of allylic oxidation sites excluding steroid dienone is 1. The quantitative estimate of drug-likeness (QED) is 0.251. The molecule has 0 atom stereocenters. The van der Waals surface area contributed by atoms with Crippen LogP contribution >= 0.6 is 11.8 Å². The molecule has 11 heteroatoms. The van der Waals surface area contributed by atoms with Gasteiger partial charge in [0.2, 0.25) is 11.7 Å². The number of hydrogen-bond acceptors (Lipinski definition) is 5. The smallest absolute Gasteiger partial charge is 0.344 e. The van der Waals surface area contributed by atoms with E-state index in [4.69, 9.17) is 0 Å². The monoisotopic (exact) mass is 497 g/mol. The summed E-state index contributed by atoms with van der Waals surface area (Å²) < 4.78 is 41.5. The van der Waals surface area contributed by atoms with Gasteiger partial charge >= 0.3 is 6.18 Å². The maximum Gasteiger partial charge on any atom is 0.416 e. The third-order valence-corrected chi connectivity index (χ3v) is 5.85. The van der Waals surface area contributed by atoms with E-state index in [-0.39, 0.29) is 35.9 Å². The van der Waals surface area contributed by atoms with Gasteiger partial charge in [-0.3, -0.25) is 18.6 Å². The third-order valence-electron chi connectivity index (χ3n) is 4.92. The van der Waals surface area contributed by atoms with E-state index in [0.717, 1.165) is 23.9 Å². The van der Waals surface area contributed by atoms with Crippen LogP contribution in [0.3, 0.4) is 0 Å². The number of alkyl halides is 3. The molecule has 0 fully saturated rings. The van der Waals surface area contributed by atoms with Crippen molar-refractivity contribution in [2.24, 2.45) is 0 Å². The molecule has 0 aliphatic heterocycles. The van der Waals surface area contributed by atoms with Crippen molar-refractivity contribution >= 4 is 34.3 Å². The first-order valence-electron chi connectivity index (χ1n) is 10.3. The molecule has 0 unspecified atom stereocenters. The van der Waals surface area contributed by atoms with E-state index in [2.05, 4.69) is 33.9 Å². The van der Waals surface area contributed by atoms with Crippen molar-refractivity contribution in [2.45, 2.75) is 17.9 Å². The van der Waals surface area contributed by atoms with Crippen molar-refractivity contribution in [1.29, 1.82) is 0 Å². The normalized spacial score (nSPS) is 11.3. The summed E-state index contributed by atoms with van der Waals surface area (Å²) in [4.78, 5) is 25.1. The fraction of sp³-hybridized carbons (Fsp3) is 0.167. The minimum atomic E-state index is -4.44. The van der Waals surface area contributed by atoms with E-state index >= 15 is 0 Å². The van der Waals surface area contributed by atoms with Crippen molar-refractivity contribution in [3.8, 4) is 11.8 Å². The highest BCUT2D eigenvalue weighted by Gasteiger charge is 2.30. The summed E-state index contributed by atoms with van der Waals surface area (Å²) in [5.41, 5.74) is -0.172. The zero-order valence-electron chi connectivity index (χ0n) is 18.2. The molecule has 1 amide bonds. The molecule has 0 aliphatic carbocycles. The van der Waals surface area contributed by atoms with Crippen LogP contribution < -0.4 is 10.9 Å². The van der Waals surface area contributed by atoms with Crippen LogP contribution in [0.4, 0.5) is 13.2 Å². The largest absolute Gasteiger partial charge is 0.416 e. The molecule has 0 radical (unpaired) electrons. The minimum Gasteiger partial charge on any atom is -0.344 e. The summed E-state index contributed by atoms with van der Waals surface area (Å²) >= 11 is 1.13. The van der Waals surface area contributed by atoms with E-state index in [1.165, 1.54) is 16.7 Å². The Kier molecular flexibility index (Phi) is 6.93. The van der Waals surface area contributed by atoms with Crippen LogP contribution in [0.1, 0.15) is 11.1 Å². The Labute approximate surface area is 201 Å². The van der Waals surface area contributed by atoms with E-state index in [0.29, 0.717) is 21.8 Å². The number of carbonyl (C=O) groups is 1. The summed E-state index contributed by atoms with van der Waals surface area (Å²) in [6.07, 6.45) is -2.86. The molecular weight excluding hydrogens is 479 g/mol. The molecular formula is C24H18F3N5O2S. The summed E-state index contributed by atoms with van der Waals surface area (Å²) in [5, 5.41) is 11.8. The van der Waals surface area contributed by atoms with Crippen molar-refractivity contribution in [2.75, 3.05) is 12.3 Å². The van der Waals surface area contributed by atoms with Crippen LogP contribution in [-0.2, 0) is 17.5 Å². The standard InChI is InChI=1S/C24H18F3N5O2S/c1-2-13-31-21(34)18-10-3-4-11-19(18)32-22(31)29-30-23(32)35-15-20(33)28-12-6-8-16-7-5-9-17(14-16)24(25,26)27/h2-5,7,9-11,14H,1,12-13,15H2,(H,28,33). The van der Waals surface area contributed by atoms with Crippen LogP contribution in [0.15, 0.2) is 71.1 Å². The predicted octanol–water partition coefficient (Wildman–Crippen LogP) is 3.51. The molecule has 0 saturated carbocycles. The number of nitrogens with one attached hydrogen (secondary N) is 1. The van der Waals surface area contributed by atoms with Gasteiger partial charge in [0, 0.05) is 12.1 Å².